The van der Waals surface area contributed by atoms with Gasteiger partial charge in [-0.25, -0.2) is 4.98 Å². The minimum atomic E-state index is 0.762. The number of nitrogens with one attached hydrogen (secondary N) is 2. The Morgan fingerprint density at radius 3 is 2.95 bits per heavy atom. The first-order chi connectivity index (χ1) is 9.24. The van der Waals surface area contributed by atoms with E-state index >= 15 is 0 Å². The molecule has 0 unspecified atom stereocenters. The Kier molecular flexibility index (Phi) is 2.91. The molecule has 2 N–H and O–H groups in total. The van der Waals surface area contributed by atoms with Crippen LogP contribution in [0.4, 0.5) is 5.82 Å². The molecule has 0 aliphatic heterocycles. The maximum absolute atomic E-state index is 4.41. The fourth-order valence-corrected chi connectivity index (χ4v) is 2.26. The molecule has 0 saturated carbocycles. The summed E-state index contributed by atoms with van der Waals surface area (Å²) in [5, 5.41) is 11.7. The molecule has 0 aliphatic rings. The largest absolute Gasteiger partial charge is 0.365 e. The van der Waals surface area contributed by atoms with E-state index in [1.807, 2.05) is 13.0 Å². The number of pyridine rings is 1. The van der Waals surface area contributed by atoms with Crippen LogP contribution in [0.3, 0.4) is 0 Å². The molecule has 0 amide bonds. The average Bonchev–Trinajstić information content (AvgIpc) is 2.79. The van der Waals surface area contributed by atoms with Crippen molar-refractivity contribution in [2.45, 2.75) is 20.4 Å². The van der Waals surface area contributed by atoms with Crippen LogP contribution in [-0.4, -0.2) is 15.2 Å². The van der Waals surface area contributed by atoms with Crippen LogP contribution in [0.2, 0.25) is 0 Å². The van der Waals surface area contributed by atoms with Crippen molar-refractivity contribution in [2.75, 3.05) is 5.32 Å². The smallest absolute Gasteiger partial charge is 0.137 e. The summed E-state index contributed by atoms with van der Waals surface area (Å²) >= 11 is 0. The molecule has 2 aromatic heterocycles. The molecule has 4 nitrogen and oxygen atoms in total. The zero-order valence-electron chi connectivity index (χ0n) is 11.1. The maximum Gasteiger partial charge on any atom is 0.137 e. The van der Waals surface area contributed by atoms with Crippen LogP contribution < -0.4 is 5.32 Å². The van der Waals surface area contributed by atoms with Gasteiger partial charge in [0.1, 0.15) is 5.82 Å². The lowest BCUT2D eigenvalue weighted by atomic mass is 10.1. The fourth-order valence-electron chi connectivity index (χ4n) is 2.26. The number of aromatic amines is 1. The van der Waals surface area contributed by atoms with Crippen molar-refractivity contribution in [3.8, 4) is 0 Å². The summed E-state index contributed by atoms with van der Waals surface area (Å²) in [4.78, 5) is 4.41. The van der Waals surface area contributed by atoms with Gasteiger partial charge in [0.15, 0.2) is 0 Å². The van der Waals surface area contributed by atoms with Crippen LogP contribution >= 0.6 is 0 Å². The Bertz CT molecular complexity index is 715. The minimum absolute atomic E-state index is 0.762. The summed E-state index contributed by atoms with van der Waals surface area (Å²) in [6.07, 6.45) is 1.78. The van der Waals surface area contributed by atoms with Crippen molar-refractivity contribution in [1.82, 2.24) is 15.2 Å². The molecule has 0 saturated heterocycles. The van der Waals surface area contributed by atoms with Gasteiger partial charge in [-0.05, 0) is 25.5 Å². The molecule has 19 heavy (non-hydrogen) atoms. The van der Waals surface area contributed by atoms with Gasteiger partial charge in [0, 0.05) is 18.4 Å². The number of rotatable bonds is 3. The second kappa shape index (κ2) is 4.72. The third-order valence-electron chi connectivity index (χ3n) is 3.19. The number of H-pyrrole nitrogens is 1. The number of hydrogen-bond donors (Lipinski definition) is 2. The Labute approximate surface area is 111 Å². The van der Waals surface area contributed by atoms with Crippen LogP contribution in [-0.2, 0) is 6.54 Å². The Balaban J connectivity index is 1.88. The van der Waals surface area contributed by atoms with E-state index in [4.69, 9.17) is 0 Å². The van der Waals surface area contributed by atoms with Gasteiger partial charge >= 0.3 is 0 Å². The molecule has 1 aromatic carbocycles. The summed E-state index contributed by atoms with van der Waals surface area (Å²) < 4.78 is 0. The van der Waals surface area contributed by atoms with Crippen molar-refractivity contribution in [1.29, 1.82) is 0 Å². The van der Waals surface area contributed by atoms with Crippen LogP contribution in [0, 0.1) is 13.8 Å². The van der Waals surface area contributed by atoms with Gasteiger partial charge in [-0.2, -0.15) is 5.10 Å². The first-order valence-corrected chi connectivity index (χ1v) is 6.33. The molecule has 0 aliphatic carbocycles. The molecule has 4 heteroatoms. The highest BCUT2D eigenvalue weighted by Gasteiger charge is 2.07. The number of nitrogens with zero attached hydrogens (tertiary/aromatic N) is 2. The third-order valence-corrected chi connectivity index (χ3v) is 3.19. The topological polar surface area (TPSA) is 53.6 Å². The second-order valence-electron chi connectivity index (χ2n) is 4.74. The highest BCUT2D eigenvalue weighted by Crippen LogP contribution is 2.22. The highest BCUT2D eigenvalue weighted by molar-refractivity contribution is 5.91. The number of fused-ring (bicyclic) bond motifs is 1. The van der Waals surface area contributed by atoms with Gasteiger partial charge in [0.2, 0.25) is 0 Å². The summed E-state index contributed by atoms with van der Waals surface area (Å²) in [5.74, 6) is 0.880. The van der Waals surface area contributed by atoms with Crippen LogP contribution in [0.1, 0.15) is 16.8 Å². The molecule has 0 fully saturated rings. The van der Waals surface area contributed by atoms with E-state index in [1.165, 1.54) is 11.1 Å². The molecular formula is C15H16N4. The molecule has 96 valence electrons. The van der Waals surface area contributed by atoms with Crippen molar-refractivity contribution in [2.24, 2.45) is 0 Å². The van der Waals surface area contributed by atoms with Crippen molar-refractivity contribution in [3.63, 3.8) is 0 Å². The summed E-state index contributed by atoms with van der Waals surface area (Å²) in [7, 11) is 0. The number of benzene rings is 1. The standard InChI is InChI=1S/C15H16N4/c1-10-4-3-5-12(8-10)9-17-15-14-11(2)18-19-13(14)6-7-16-15/h3-8H,9H2,1-2H3,(H,16,17)(H,18,19). The molecule has 2 heterocycles. The summed E-state index contributed by atoms with van der Waals surface area (Å²) in [6.45, 7) is 4.87. The zero-order valence-corrected chi connectivity index (χ0v) is 11.1. The molecule has 0 spiro atoms. The number of anilines is 1. The lowest BCUT2D eigenvalue weighted by Gasteiger charge is -2.07. The second-order valence-corrected chi connectivity index (χ2v) is 4.74. The lowest BCUT2D eigenvalue weighted by molar-refractivity contribution is 1.07. The van der Waals surface area contributed by atoms with E-state index < -0.39 is 0 Å². The predicted octanol–water partition coefficient (Wildman–Crippen LogP) is 3.19. The SMILES string of the molecule is Cc1cccc(CNc2nccc3n[nH]c(C)c23)c1. The average molecular weight is 252 g/mol. The van der Waals surface area contributed by atoms with E-state index in [9.17, 15) is 0 Å². The van der Waals surface area contributed by atoms with E-state index in [0.717, 1.165) is 29.0 Å². The van der Waals surface area contributed by atoms with Crippen LogP contribution in [0.25, 0.3) is 10.9 Å². The molecule has 3 rings (SSSR count). The van der Waals surface area contributed by atoms with Crippen molar-refractivity contribution >= 4 is 16.7 Å². The van der Waals surface area contributed by atoms with Crippen molar-refractivity contribution < 1.29 is 0 Å². The highest BCUT2D eigenvalue weighted by atomic mass is 15.1. The van der Waals surface area contributed by atoms with Gasteiger partial charge in [-0.1, -0.05) is 29.8 Å². The van der Waals surface area contributed by atoms with Gasteiger partial charge in [-0.3, -0.25) is 5.10 Å². The lowest BCUT2D eigenvalue weighted by Crippen LogP contribution is -2.02. The minimum Gasteiger partial charge on any atom is -0.365 e. The van der Waals surface area contributed by atoms with E-state index in [-0.39, 0.29) is 0 Å². The van der Waals surface area contributed by atoms with E-state index in [0.29, 0.717) is 0 Å². The van der Waals surface area contributed by atoms with Gasteiger partial charge in [-0.15, -0.1) is 0 Å². The quantitative estimate of drug-likeness (QED) is 0.752. The van der Waals surface area contributed by atoms with Gasteiger partial charge < -0.3 is 5.32 Å². The molecule has 0 bridgehead atoms. The summed E-state index contributed by atoms with van der Waals surface area (Å²) in [5.41, 5.74) is 4.50. The fraction of sp³-hybridized carbons (Fsp3) is 0.200. The molecule has 0 radical (unpaired) electrons. The zero-order chi connectivity index (χ0) is 13.2. The Hall–Kier alpha value is -2.36. The summed E-state index contributed by atoms with van der Waals surface area (Å²) in [6, 6.07) is 10.4. The maximum atomic E-state index is 4.41. The van der Waals surface area contributed by atoms with Gasteiger partial charge in [0.25, 0.3) is 0 Å². The van der Waals surface area contributed by atoms with Crippen molar-refractivity contribution in [3.05, 3.63) is 53.3 Å². The van der Waals surface area contributed by atoms with E-state index in [1.54, 1.807) is 6.20 Å². The van der Waals surface area contributed by atoms with Gasteiger partial charge in [0.05, 0.1) is 10.9 Å². The molecule has 3 aromatic rings. The van der Waals surface area contributed by atoms with Crippen LogP contribution in [0.15, 0.2) is 36.5 Å². The third kappa shape index (κ3) is 2.29. The van der Waals surface area contributed by atoms with Crippen LogP contribution in [0.5, 0.6) is 0 Å². The Morgan fingerprint density at radius 1 is 1.21 bits per heavy atom. The molecular weight excluding hydrogens is 236 g/mol. The Morgan fingerprint density at radius 2 is 2.11 bits per heavy atom. The normalized spacial score (nSPS) is 10.8. The number of aromatic nitrogens is 3. The first-order valence-electron chi connectivity index (χ1n) is 6.33. The van der Waals surface area contributed by atoms with E-state index in [2.05, 4.69) is 51.7 Å². The molecule has 0 atom stereocenters. The number of hydrogen-bond acceptors (Lipinski definition) is 3. The monoisotopic (exact) mass is 252 g/mol. The number of aryl methyl sites for hydroxylation is 2. The predicted molar refractivity (Wildman–Crippen MR) is 77.1 cm³/mol. The first kappa shape index (κ1) is 11.7.